The van der Waals surface area contributed by atoms with Gasteiger partial charge in [0.2, 0.25) is 0 Å². The van der Waals surface area contributed by atoms with E-state index in [-0.39, 0.29) is 0 Å². The zero-order chi connectivity index (χ0) is 11.4. The topological polar surface area (TPSA) is 22.1 Å². The molecule has 3 heteroatoms. The van der Waals surface area contributed by atoms with Gasteiger partial charge in [0.15, 0.2) is 0 Å². The molecule has 0 saturated heterocycles. The number of pyridine rings is 1. The van der Waals surface area contributed by atoms with E-state index in [9.17, 15) is 0 Å². The quantitative estimate of drug-likeness (QED) is 0.748. The third-order valence-corrected chi connectivity index (χ3v) is 3.46. The van der Waals surface area contributed by atoms with Crippen molar-refractivity contribution in [1.29, 1.82) is 0 Å². The van der Waals surface area contributed by atoms with Crippen molar-refractivity contribution in [3.05, 3.63) is 29.0 Å². The Balaban J connectivity index is 1.86. The normalized spacial score (nSPS) is 25.6. The second-order valence-corrected chi connectivity index (χ2v) is 4.95. The van der Waals surface area contributed by atoms with Crippen molar-refractivity contribution in [2.75, 3.05) is 0 Å². The van der Waals surface area contributed by atoms with Crippen LogP contribution in [0.15, 0.2) is 18.2 Å². The Morgan fingerprint density at radius 3 is 2.94 bits per heavy atom. The SMILES string of the molecule is CC1CCCCC1OCc1cccc(Cl)n1. The smallest absolute Gasteiger partial charge is 0.129 e. The Kier molecular flexibility index (Phi) is 4.19. The number of nitrogens with zero attached hydrogens (tertiary/aromatic N) is 1. The van der Waals surface area contributed by atoms with Crippen molar-refractivity contribution in [1.82, 2.24) is 4.98 Å². The Hall–Kier alpha value is -0.600. The lowest BCUT2D eigenvalue weighted by molar-refractivity contribution is -0.0167. The van der Waals surface area contributed by atoms with Gasteiger partial charge in [-0.3, -0.25) is 0 Å². The number of rotatable bonds is 3. The molecule has 0 amide bonds. The zero-order valence-corrected chi connectivity index (χ0v) is 10.4. The first-order valence-corrected chi connectivity index (χ1v) is 6.36. The molecular weight excluding hydrogens is 222 g/mol. The van der Waals surface area contributed by atoms with E-state index < -0.39 is 0 Å². The van der Waals surface area contributed by atoms with Gasteiger partial charge in [-0.2, -0.15) is 0 Å². The summed E-state index contributed by atoms with van der Waals surface area (Å²) in [6.07, 6.45) is 5.50. The molecule has 0 spiro atoms. The minimum Gasteiger partial charge on any atom is -0.372 e. The highest BCUT2D eigenvalue weighted by atomic mass is 35.5. The van der Waals surface area contributed by atoms with Crippen LogP contribution in [0.5, 0.6) is 0 Å². The van der Waals surface area contributed by atoms with E-state index in [0.29, 0.717) is 23.8 Å². The summed E-state index contributed by atoms with van der Waals surface area (Å²) in [7, 11) is 0. The molecule has 1 aliphatic rings. The molecule has 1 saturated carbocycles. The van der Waals surface area contributed by atoms with Gasteiger partial charge in [0.1, 0.15) is 5.15 Å². The third-order valence-electron chi connectivity index (χ3n) is 3.25. The molecule has 1 aromatic heterocycles. The van der Waals surface area contributed by atoms with Gasteiger partial charge in [-0.15, -0.1) is 0 Å². The average Bonchev–Trinajstić information content (AvgIpc) is 2.28. The van der Waals surface area contributed by atoms with Crippen LogP contribution in [0, 0.1) is 5.92 Å². The number of halogens is 1. The van der Waals surface area contributed by atoms with Crippen LogP contribution in [0.2, 0.25) is 5.15 Å². The summed E-state index contributed by atoms with van der Waals surface area (Å²) >= 11 is 5.83. The lowest BCUT2D eigenvalue weighted by atomic mass is 9.88. The standard InChI is InChI=1S/C13H18ClNO/c1-10-5-2-3-7-12(10)16-9-11-6-4-8-13(14)15-11/h4,6,8,10,12H,2-3,5,7,9H2,1H3. The molecule has 2 rings (SSSR count). The average molecular weight is 240 g/mol. The summed E-state index contributed by atoms with van der Waals surface area (Å²) in [6.45, 7) is 2.85. The first-order chi connectivity index (χ1) is 7.75. The molecule has 0 N–H and O–H groups in total. The van der Waals surface area contributed by atoms with Gasteiger partial charge >= 0.3 is 0 Å². The van der Waals surface area contributed by atoms with Crippen molar-refractivity contribution in [2.24, 2.45) is 5.92 Å². The highest BCUT2D eigenvalue weighted by molar-refractivity contribution is 6.29. The third kappa shape index (κ3) is 3.19. The van der Waals surface area contributed by atoms with E-state index in [2.05, 4.69) is 11.9 Å². The van der Waals surface area contributed by atoms with Crippen LogP contribution in [-0.4, -0.2) is 11.1 Å². The Bertz CT molecular complexity index is 342. The summed E-state index contributed by atoms with van der Waals surface area (Å²) in [5.74, 6) is 0.674. The first kappa shape index (κ1) is 11.9. The Morgan fingerprint density at radius 2 is 2.19 bits per heavy atom. The molecule has 1 fully saturated rings. The summed E-state index contributed by atoms with van der Waals surface area (Å²) < 4.78 is 5.92. The van der Waals surface area contributed by atoms with Gasteiger partial charge in [0.05, 0.1) is 18.4 Å². The largest absolute Gasteiger partial charge is 0.372 e. The van der Waals surface area contributed by atoms with Crippen LogP contribution >= 0.6 is 11.6 Å². The van der Waals surface area contributed by atoms with E-state index >= 15 is 0 Å². The van der Waals surface area contributed by atoms with Crippen molar-refractivity contribution in [3.63, 3.8) is 0 Å². The molecular formula is C13H18ClNO. The lowest BCUT2D eigenvalue weighted by Gasteiger charge is -2.28. The summed E-state index contributed by atoms with van der Waals surface area (Å²) in [6, 6.07) is 5.66. The number of hydrogen-bond donors (Lipinski definition) is 0. The highest BCUT2D eigenvalue weighted by Gasteiger charge is 2.21. The summed E-state index contributed by atoms with van der Waals surface area (Å²) in [5, 5.41) is 0.540. The van der Waals surface area contributed by atoms with Crippen LogP contribution in [0.3, 0.4) is 0 Å². The number of hydrogen-bond acceptors (Lipinski definition) is 2. The van der Waals surface area contributed by atoms with Crippen LogP contribution < -0.4 is 0 Å². The maximum Gasteiger partial charge on any atom is 0.129 e. The van der Waals surface area contributed by atoms with Crippen LogP contribution in [0.1, 0.15) is 38.3 Å². The van der Waals surface area contributed by atoms with E-state index in [1.807, 2.05) is 12.1 Å². The minimum absolute atomic E-state index is 0.398. The van der Waals surface area contributed by atoms with E-state index in [4.69, 9.17) is 16.3 Å². The number of aromatic nitrogens is 1. The van der Waals surface area contributed by atoms with Crippen molar-refractivity contribution in [2.45, 2.75) is 45.3 Å². The summed E-state index contributed by atoms with van der Waals surface area (Å²) in [4.78, 5) is 4.22. The van der Waals surface area contributed by atoms with Crippen molar-refractivity contribution in [3.8, 4) is 0 Å². The molecule has 16 heavy (non-hydrogen) atoms. The molecule has 2 unspecified atom stereocenters. The molecule has 2 nitrogen and oxygen atoms in total. The van der Waals surface area contributed by atoms with E-state index in [1.54, 1.807) is 6.07 Å². The molecule has 0 aromatic carbocycles. The predicted molar refractivity (Wildman–Crippen MR) is 65.5 cm³/mol. The highest BCUT2D eigenvalue weighted by Crippen LogP contribution is 2.26. The van der Waals surface area contributed by atoms with Gasteiger partial charge in [0.25, 0.3) is 0 Å². The minimum atomic E-state index is 0.398. The molecule has 2 atom stereocenters. The van der Waals surface area contributed by atoms with Gasteiger partial charge in [0, 0.05) is 0 Å². The van der Waals surface area contributed by atoms with E-state index in [1.165, 1.54) is 25.7 Å². The zero-order valence-electron chi connectivity index (χ0n) is 9.66. The fourth-order valence-electron chi connectivity index (χ4n) is 2.25. The van der Waals surface area contributed by atoms with Crippen LogP contribution in [0.25, 0.3) is 0 Å². The van der Waals surface area contributed by atoms with Gasteiger partial charge in [-0.05, 0) is 30.9 Å². The maximum absolute atomic E-state index is 5.92. The molecule has 0 radical (unpaired) electrons. The van der Waals surface area contributed by atoms with E-state index in [0.717, 1.165) is 5.69 Å². The fraction of sp³-hybridized carbons (Fsp3) is 0.615. The Morgan fingerprint density at radius 1 is 1.38 bits per heavy atom. The molecule has 1 aromatic rings. The molecule has 0 bridgehead atoms. The lowest BCUT2D eigenvalue weighted by Crippen LogP contribution is -2.25. The summed E-state index contributed by atoms with van der Waals surface area (Å²) in [5.41, 5.74) is 0.922. The Labute approximate surface area is 102 Å². The van der Waals surface area contributed by atoms with Gasteiger partial charge in [-0.25, -0.2) is 4.98 Å². The maximum atomic E-state index is 5.92. The molecule has 1 aliphatic carbocycles. The fourth-order valence-corrected chi connectivity index (χ4v) is 2.43. The van der Waals surface area contributed by atoms with Crippen LogP contribution in [-0.2, 0) is 11.3 Å². The second-order valence-electron chi connectivity index (χ2n) is 4.56. The molecule has 1 heterocycles. The van der Waals surface area contributed by atoms with Crippen molar-refractivity contribution >= 4 is 11.6 Å². The predicted octanol–water partition coefficient (Wildman–Crippen LogP) is 3.83. The molecule has 0 aliphatic heterocycles. The van der Waals surface area contributed by atoms with Gasteiger partial charge in [-0.1, -0.05) is 37.4 Å². The van der Waals surface area contributed by atoms with Crippen molar-refractivity contribution < 1.29 is 4.74 Å². The monoisotopic (exact) mass is 239 g/mol. The second kappa shape index (κ2) is 5.65. The molecule has 88 valence electrons. The van der Waals surface area contributed by atoms with Gasteiger partial charge < -0.3 is 4.74 Å². The first-order valence-electron chi connectivity index (χ1n) is 5.99. The number of ether oxygens (including phenoxy) is 1. The van der Waals surface area contributed by atoms with Crippen LogP contribution in [0.4, 0.5) is 0 Å².